The van der Waals surface area contributed by atoms with Gasteiger partial charge >= 0.3 is 5.97 Å². The van der Waals surface area contributed by atoms with Gasteiger partial charge in [-0.05, 0) is 74.6 Å². The van der Waals surface area contributed by atoms with Crippen LogP contribution in [0.15, 0.2) is 42.5 Å². The topological polar surface area (TPSA) is 94.8 Å². The molecular weight excluding hydrogens is 430 g/mol. The fraction of sp³-hybridized carbons (Fsp3) is 0.481. The molecule has 0 saturated carbocycles. The summed E-state index contributed by atoms with van der Waals surface area (Å²) in [6.45, 7) is 7.50. The number of ether oxygens (including phenoxy) is 2. The normalized spacial score (nSPS) is 15.3. The second-order valence-electron chi connectivity index (χ2n) is 9.56. The number of hydrogen-bond donors (Lipinski definition) is 2. The molecule has 1 heterocycles. The van der Waals surface area contributed by atoms with Crippen LogP contribution in [0.25, 0.3) is 0 Å². The molecule has 0 aromatic heterocycles. The Morgan fingerprint density at radius 3 is 2.53 bits per heavy atom. The van der Waals surface area contributed by atoms with E-state index in [1.807, 2.05) is 39.0 Å². The van der Waals surface area contributed by atoms with E-state index in [0.29, 0.717) is 31.7 Å². The van der Waals surface area contributed by atoms with Crippen molar-refractivity contribution in [1.82, 2.24) is 0 Å². The second kappa shape index (κ2) is 11.4. The molecular formula is C27H35N3O4. The zero-order chi connectivity index (χ0) is 24.7. The number of rotatable bonds is 9. The van der Waals surface area contributed by atoms with E-state index in [1.54, 1.807) is 12.1 Å². The lowest BCUT2D eigenvalue weighted by Crippen LogP contribution is -2.47. The summed E-state index contributed by atoms with van der Waals surface area (Å²) < 4.78 is 10.4. The number of nitrogens with one attached hydrogen (secondary N) is 1. The summed E-state index contributed by atoms with van der Waals surface area (Å²) in [5.41, 5.74) is 3.44. The lowest BCUT2D eigenvalue weighted by molar-refractivity contribution is -0.140. The Labute approximate surface area is 202 Å². The molecule has 182 valence electrons. The fourth-order valence-electron chi connectivity index (χ4n) is 4.27. The smallest absolute Gasteiger partial charge is 0.306 e. The van der Waals surface area contributed by atoms with Gasteiger partial charge in [-0.1, -0.05) is 13.0 Å². The molecule has 7 heteroatoms. The van der Waals surface area contributed by atoms with Crippen LogP contribution >= 0.6 is 0 Å². The van der Waals surface area contributed by atoms with Gasteiger partial charge in [-0.3, -0.25) is 4.79 Å². The van der Waals surface area contributed by atoms with Crippen molar-refractivity contribution >= 4 is 23.0 Å². The fourth-order valence-corrected chi connectivity index (χ4v) is 4.27. The summed E-state index contributed by atoms with van der Waals surface area (Å²) >= 11 is 0. The Morgan fingerprint density at radius 2 is 1.94 bits per heavy atom. The first-order chi connectivity index (χ1) is 16.2. The molecule has 1 saturated heterocycles. The summed E-state index contributed by atoms with van der Waals surface area (Å²) in [6, 6.07) is 15.9. The maximum absolute atomic E-state index is 11.9. The highest BCUT2D eigenvalue weighted by atomic mass is 16.5. The maximum atomic E-state index is 11.9. The van der Waals surface area contributed by atoms with Crippen molar-refractivity contribution in [2.45, 2.75) is 57.6 Å². The van der Waals surface area contributed by atoms with Crippen LogP contribution in [0, 0.1) is 11.3 Å². The average Bonchev–Trinajstić information content (AvgIpc) is 2.83. The number of methoxy groups -OCH3 is 1. The molecule has 0 spiro atoms. The first kappa shape index (κ1) is 25.5. The van der Waals surface area contributed by atoms with Gasteiger partial charge in [0, 0.05) is 31.5 Å². The molecule has 1 unspecified atom stereocenters. The molecule has 1 aliphatic heterocycles. The standard InChI is InChI=1S/C27H35N3O4/c1-19(15-26(31)33-4)21-7-10-25(24(16-21)29-22-8-5-20(17-28)6-9-22)30(18-27(2,3)32)23-11-13-34-14-12-23/h5-10,16,19,23,29,32H,11-15,18H2,1-4H3. The summed E-state index contributed by atoms with van der Waals surface area (Å²) in [4.78, 5) is 14.1. The van der Waals surface area contributed by atoms with Crippen LogP contribution in [0.2, 0.25) is 0 Å². The van der Waals surface area contributed by atoms with Gasteiger partial charge in [0.1, 0.15) is 0 Å². The van der Waals surface area contributed by atoms with Gasteiger partial charge in [0.15, 0.2) is 0 Å². The van der Waals surface area contributed by atoms with Crippen molar-refractivity contribution in [3.05, 3.63) is 53.6 Å². The van der Waals surface area contributed by atoms with E-state index in [1.165, 1.54) is 7.11 Å². The highest BCUT2D eigenvalue weighted by Gasteiger charge is 2.29. The van der Waals surface area contributed by atoms with Crippen LogP contribution in [0.3, 0.4) is 0 Å². The van der Waals surface area contributed by atoms with Crippen molar-refractivity contribution < 1.29 is 19.4 Å². The predicted octanol–water partition coefficient (Wildman–Crippen LogP) is 4.72. The van der Waals surface area contributed by atoms with Crippen LogP contribution in [-0.4, -0.2) is 49.6 Å². The van der Waals surface area contributed by atoms with Crippen LogP contribution in [-0.2, 0) is 14.3 Å². The molecule has 0 amide bonds. The Hall–Kier alpha value is -3.08. The Morgan fingerprint density at radius 1 is 1.26 bits per heavy atom. The van der Waals surface area contributed by atoms with Gasteiger partial charge in [-0.15, -0.1) is 0 Å². The third-order valence-corrected chi connectivity index (χ3v) is 6.08. The number of aliphatic hydroxyl groups is 1. The molecule has 0 aliphatic carbocycles. The summed E-state index contributed by atoms with van der Waals surface area (Å²) in [7, 11) is 1.40. The van der Waals surface area contributed by atoms with Crippen molar-refractivity contribution in [3.8, 4) is 6.07 Å². The van der Waals surface area contributed by atoms with Crippen molar-refractivity contribution in [3.63, 3.8) is 0 Å². The number of nitriles is 1. The van der Waals surface area contributed by atoms with Gasteiger partial charge in [0.2, 0.25) is 0 Å². The minimum absolute atomic E-state index is 0.0196. The number of hydrogen-bond acceptors (Lipinski definition) is 7. The van der Waals surface area contributed by atoms with Gasteiger partial charge < -0.3 is 24.8 Å². The quantitative estimate of drug-likeness (QED) is 0.517. The van der Waals surface area contributed by atoms with E-state index in [-0.39, 0.29) is 17.9 Å². The highest BCUT2D eigenvalue weighted by Crippen LogP contribution is 2.36. The molecule has 1 aliphatic rings. The zero-order valence-electron chi connectivity index (χ0n) is 20.5. The number of benzene rings is 2. The van der Waals surface area contributed by atoms with Gasteiger partial charge in [0.25, 0.3) is 0 Å². The molecule has 2 aromatic carbocycles. The number of anilines is 3. The second-order valence-corrected chi connectivity index (χ2v) is 9.56. The van der Waals surface area contributed by atoms with E-state index < -0.39 is 5.60 Å². The lowest BCUT2D eigenvalue weighted by Gasteiger charge is -2.40. The third-order valence-electron chi connectivity index (χ3n) is 6.08. The number of nitrogens with zero attached hydrogens (tertiary/aromatic N) is 2. The average molecular weight is 466 g/mol. The predicted molar refractivity (Wildman–Crippen MR) is 133 cm³/mol. The molecule has 2 N–H and O–H groups in total. The largest absolute Gasteiger partial charge is 0.469 e. The third kappa shape index (κ3) is 6.96. The lowest BCUT2D eigenvalue weighted by atomic mass is 9.95. The number of esters is 1. The molecule has 2 aromatic rings. The SMILES string of the molecule is COC(=O)CC(C)c1ccc(N(CC(C)(C)O)C2CCOCC2)c(Nc2ccc(C#N)cc2)c1. The first-order valence-electron chi connectivity index (χ1n) is 11.7. The van der Waals surface area contributed by atoms with Gasteiger partial charge in [0.05, 0.1) is 42.1 Å². The minimum Gasteiger partial charge on any atom is -0.469 e. The van der Waals surface area contributed by atoms with Crippen molar-refractivity contribution in [2.75, 3.05) is 37.1 Å². The molecule has 1 atom stereocenters. The maximum Gasteiger partial charge on any atom is 0.306 e. The number of carbonyl (C=O) groups excluding carboxylic acids is 1. The zero-order valence-corrected chi connectivity index (χ0v) is 20.5. The minimum atomic E-state index is -0.888. The van der Waals surface area contributed by atoms with E-state index >= 15 is 0 Å². The molecule has 7 nitrogen and oxygen atoms in total. The Bertz CT molecular complexity index is 1000. The molecule has 34 heavy (non-hydrogen) atoms. The van der Waals surface area contributed by atoms with E-state index in [9.17, 15) is 9.90 Å². The molecule has 0 radical (unpaired) electrons. The molecule has 0 bridgehead atoms. The van der Waals surface area contributed by atoms with E-state index in [2.05, 4.69) is 28.4 Å². The van der Waals surface area contributed by atoms with Crippen molar-refractivity contribution in [1.29, 1.82) is 5.26 Å². The first-order valence-corrected chi connectivity index (χ1v) is 11.7. The van der Waals surface area contributed by atoms with Gasteiger partial charge in [-0.2, -0.15) is 5.26 Å². The molecule has 1 fully saturated rings. The monoisotopic (exact) mass is 465 g/mol. The number of carbonyl (C=O) groups is 1. The Kier molecular flexibility index (Phi) is 8.54. The van der Waals surface area contributed by atoms with E-state index in [4.69, 9.17) is 14.7 Å². The molecule has 3 rings (SSSR count). The van der Waals surface area contributed by atoms with Crippen LogP contribution in [0.4, 0.5) is 17.1 Å². The van der Waals surface area contributed by atoms with E-state index in [0.717, 1.165) is 35.5 Å². The highest BCUT2D eigenvalue weighted by molar-refractivity contribution is 5.77. The van der Waals surface area contributed by atoms with Crippen LogP contribution in [0.5, 0.6) is 0 Å². The summed E-state index contributed by atoms with van der Waals surface area (Å²) in [5.74, 6) is -0.266. The summed E-state index contributed by atoms with van der Waals surface area (Å²) in [5, 5.41) is 23.4. The Balaban J connectivity index is 2.02. The van der Waals surface area contributed by atoms with Crippen LogP contribution in [0.1, 0.15) is 57.1 Å². The van der Waals surface area contributed by atoms with Crippen molar-refractivity contribution in [2.24, 2.45) is 0 Å². The van der Waals surface area contributed by atoms with Gasteiger partial charge in [-0.25, -0.2) is 0 Å². The summed E-state index contributed by atoms with van der Waals surface area (Å²) in [6.07, 6.45) is 2.05. The van der Waals surface area contributed by atoms with Crippen LogP contribution < -0.4 is 10.2 Å².